The number of halogens is 4. The Morgan fingerprint density at radius 2 is 1.53 bits per heavy atom. The van der Waals surface area contributed by atoms with E-state index in [0.717, 1.165) is 6.07 Å². The minimum Gasteiger partial charge on any atom is -0.309 e. The minimum absolute atomic E-state index is 0.0451. The molecule has 0 fully saturated rings. The highest BCUT2D eigenvalue weighted by Gasteiger charge is 2.19. The van der Waals surface area contributed by atoms with Gasteiger partial charge in [-0.05, 0) is 30.8 Å². The molecule has 0 aromatic heterocycles. The van der Waals surface area contributed by atoms with E-state index >= 15 is 0 Å². The number of benzene rings is 2. The predicted octanol–water partition coefficient (Wildman–Crippen LogP) is 4.07. The van der Waals surface area contributed by atoms with Crippen LogP contribution in [-0.4, -0.2) is 7.05 Å². The molecule has 0 aliphatic rings. The van der Waals surface area contributed by atoms with Crippen LogP contribution in [0.3, 0.4) is 0 Å². The molecule has 1 unspecified atom stereocenters. The van der Waals surface area contributed by atoms with E-state index in [9.17, 15) is 13.2 Å². The van der Waals surface area contributed by atoms with E-state index in [2.05, 4.69) is 5.32 Å². The molecule has 2 aromatic carbocycles. The zero-order valence-corrected chi connectivity index (χ0v) is 10.8. The highest BCUT2D eigenvalue weighted by Crippen LogP contribution is 2.26. The Bertz CT molecular complexity index is 584. The van der Waals surface area contributed by atoms with Crippen LogP contribution in [0.5, 0.6) is 0 Å². The summed E-state index contributed by atoms with van der Waals surface area (Å²) in [7, 11) is 1.61. The smallest absolute Gasteiger partial charge is 0.161 e. The summed E-state index contributed by atoms with van der Waals surface area (Å²) >= 11 is 5.78. The van der Waals surface area contributed by atoms with Gasteiger partial charge in [-0.2, -0.15) is 0 Å². The van der Waals surface area contributed by atoms with Crippen molar-refractivity contribution >= 4 is 11.6 Å². The second kappa shape index (κ2) is 5.63. The lowest BCUT2D eigenvalue weighted by Gasteiger charge is -2.18. The first-order valence-corrected chi connectivity index (χ1v) is 5.98. The van der Waals surface area contributed by atoms with Crippen molar-refractivity contribution in [1.82, 2.24) is 5.32 Å². The zero-order valence-electron chi connectivity index (χ0n) is 10.1. The molecule has 1 nitrogen and oxygen atoms in total. The Morgan fingerprint density at radius 1 is 0.947 bits per heavy atom. The summed E-state index contributed by atoms with van der Waals surface area (Å²) < 4.78 is 39.9. The highest BCUT2D eigenvalue weighted by atomic mass is 35.5. The normalized spacial score (nSPS) is 12.5. The van der Waals surface area contributed by atoms with Gasteiger partial charge in [0.2, 0.25) is 0 Å². The molecule has 5 heteroatoms. The molecule has 0 saturated heterocycles. The van der Waals surface area contributed by atoms with Gasteiger partial charge < -0.3 is 5.32 Å². The lowest BCUT2D eigenvalue weighted by molar-refractivity contribution is 0.483. The van der Waals surface area contributed by atoms with E-state index < -0.39 is 23.5 Å². The average Bonchev–Trinajstić information content (AvgIpc) is 2.38. The van der Waals surface area contributed by atoms with E-state index in [-0.39, 0.29) is 5.56 Å². The van der Waals surface area contributed by atoms with Crippen molar-refractivity contribution in [3.63, 3.8) is 0 Å². The van der Waals surface area contributed by atoms with Gasteiger partial charge in [-0.1, -0.05) is 23.7 Å². The molecule has 0 aliphatic carbocycles. The minimum atomic E-state index is -1.20. The standard InChI is InChI=1S/C14H11ClF3N/c1-19-14(8-2-4-9(15)5-3-8)10-6-12(17)13(18)7-11(10)16/h2-7,14,19H,1H3. The molecule has 2 aromatic rings. The van der Waals surface area contributed by atoms with Crippen molar-refractivity contribution in [1.29, 1.82) is 0 Å². The van der Waals surface area contributed by atoms with Crippen molar-refractivity contribution in [3.8, 4) is 0 Å². The molecule has 1 atom stereocenters. The summed E-state index contributed by atoms with van der Waals surface area (Å²) in [6.45, 7) is 0. The molecule has 0 heterocycles. The maximum Gasteiger partial charge on any atom is 0.161 e. The van der Waals surface area contributed by atoms with Crippen LogP contribution in [0.4, 0.5) is 13.2 Å². The number of rotatable bonds is 3. The molecule has 19 heavy (non-hydrogen) atoms. The average molecular weight is 286 g/mol. The second-order valence-corrected chi connectivity index (χ2v) is 4.50. The first-order chi connectivity index (χ1) is 9.02. The van der Waals surface area contributed by atoms with Crippen molar-refractivity contribution in [2.45, 2.75) is 6.04 Å². The van der Waals surface area contributed by atoms with Crippen LogP contribution in [0, 0.1) is 17.5 Å². The molecular formula is C14H11ClF3N. The van der Waals surface area contributed by atoms with Gasteiger partial charge in [0.05, 0.1) is 6.04 Å². The van der Waals surface area contributed by atoms with Gasteiger partial charge in [-0.15, -0.1) is 0 Å². The Labute approximate surface area is 114 Å². The van der Waals surface area contributed by atoms with E-state index in [1.807, 2.05) is 0 Å². The van der Waals surface area contributed by atoms with Crippen LogP contribution < -0.4 is 5.32 Å². The van der Waals surface area contributed by atoms with Crippen molar-refractivity contribution in [3.05, 3.63) is 70.0 Å². The van der Waals surface area contributed by atoms with E-state index in [4.69, 9.17) is 11.6 Å². The molecule has 0 amide bonds. The van der Waals surface area contributed by atoms with Crippen molar-refractivity contribution < 1.29 is 13.2 Å². The molecule has 0 aliphatic heterocycles. The van der Waals surface area contributed by atoms with Crippen molar-refractivity contribution in [2.24, 2.45) is 0 Å². The second-order valence-electron chi connectivity index (χ2n) is 4.06. The SMILES string of the molecule is CNC(c1ccc(Cl)cc1)c1cc(F)c(F)cc1F. The first-order valence-electron chi connectivity index (χ1n) is 5.60. The summed E-state index contributed by atoms with van der Waals surface area (Å²) in [4.78, 5) is 0. The van der Waals surface area contributed by atoms with Crippen LogP contribution in [0.1, 0.15) is 17.2 Å². The molecular weight excluding hydrogens is 275 g/mol. The van der Waals surface area contributed by atoms with Gasteiger partial charge in [-0.25, -0.2) is 13.2 Å². The monoisotopic (exact) mass is 285 g/mol. The van der Waals surface area contributed by atoms with E-state index in [1.54, 1.807) is 31.3 Å². The third-order valence-corrected chi connectivity index (χ3v) is 3.09. The largest absolute Gasteiger partial charge is 0.309 e. The van der Waals surface area contributed by atoms with Crippen molar-refractivity contribution in [2.75, 3.05) is 7.05 Å². The summed E-state index contributed by atoms with van der Waals surface area (Å²) in [6.07, 6.45) is 0. The first kappa shape index (κ1) is 13.9. The third kappa shape index (κ3) is 2.91. The number of hydrogen-bond donors (Lipinski definition) is 1. The van der Waals surface area contributed by atoms with Gasteiger partial charge in [0.25, 0.3) is 0 Å². The highest BCUT2D eigenvalue weighted by molar-refractivity contribution is 6.30. The van der Waals surface area contributed by atoms with Gasteiger partial charge in [0.1, 0.15) is 5.82 Å². The fourth-order valence-corrected chi connectivity index (χ4v) is 2.04. The fourth-order valence-electron chi connectivity index (χ4n) is 1.92. The van der Waals surface area contributed by atoms with E-state index in [1.165, 1.54) is 0 Å². The summed E-state index contributed by atoms with van der Waals surface area (Å²) in [5.74, 6) is -3.08. The number of hydrogen-bond acceptors (Lipinski definition) is 1. The lowest BCUT2D eigenvalue weighted by atomic mass is 9.98. The quantitative estimate of drug-likeness (QED) is 0.839. The molecule has 0 radical (unpaired) electrons. The van der Waals surface area contributed by atoms with Gasteiger partial charge in [0.15, 0.2) is 11.6 Å². The molecule has 2 rings (SSSR count). The maximum atomic E-state index is 13.8. The van der Waals surface area contributed by atoms with Gasteiger partial charge in [0, 0.05) is 16.7 Å². The molecule has 0 spiro atoms. The van der Waals surface area contributed by atoms with Gasteiger partial charge >= 0.3 is 0 Å². The fraction of sp³-hybridized carbons (Fsp3) is 0.143. The Hall–Kier alpha value is -1.52. The molecule has 0 saturated carbocycles. The lowest BCUT2D eigenvalue weighted by Crippen LogP contribution is -2.19. The molecule has 100 valence electrons. The summed E-state index contributed by atoms with van der Waals surface area (Å²) in [5, 5.41) is 3.42. The third-order valence-electron chi connectivity index (χ3n) is 2.84. The maximum absolute atomic E-state index is 13.8. The molecule has 0 bridgehead atoms. The zero-order chi connectivity index (χ0) is 14.0. The summed E-state index contributed by atoms with van der Waals surface area (Å²) in [6, 6.07) is 7.53. The van der Waals surface area contributed by atoms with Crippen LogP contribution >= 0.6 is 11.6 Å². The number of nitrogens with one attached hydrogen (secondary N) is 1. The molecule has 1 N–H and O–H groups in total. The van der Waals surface area contributed by atoms with Crippen LogP contribution in [0.2, 0.25) is 5.02 Å². The Morgan fingerprint density at radius 3 is 2.11 bits per heavy atom. The predicted molar refractivity (Wildman–Crippen MR) is 68.7 cm³/mol. The Kier molecular flexibility index (Phi) is 4.12. The Balaban J connectivity index is 2.47. The topological polar surface area (TPSA) is 12.0 Å². The van der Waals surface area contributed by atoms with E-state index in [0.29, 0.717) is 16.7 Å². The van der Waals surface area contributed by atoms with Crippen LogP contribution in [-0.2, 0) is 0 Å². The van der Waals surface area contributed by atoms with Crippen LogP contribution in [0.25, 0.3) is 0 Å². The summed E-state index contributed by atoms with van der Waals surface area (Å²) in [5.41, 5.74) is 0.750. The van der Waals surface area contributed by atoms with Gasteiger partial charge in [-0.3, -0.25) is 0 Å². The van der Waals surface area contributed by atoms with Crippen LogP contribution in [0.15, 0.2) is 36.4 Å².